The molecular weight excluding hydrogens is 423 g/mol. The number of ether oxygens (including phenoxy) is 1. The molecule has 1 spiro atoms. The fourth-order valence-electron chi connectivity index (χ4n) is 6.19. The smallest absolute Gasteiger partial charge is 0.257 e. The van der Waals surface area contributed by atoms with Gasteiger partial charge in [-0.25, -0.2) is 0 Å². The predicted molar refractivity (Wildman–Crippen MR) is 135 cm³/mol. The van der Waals surface area contributed by atoms with Crippen molar-refractivity contribution in [1.82, 2.24) is 9.80 Å². The van der Waals surface area contributed by atoms with Crippen molar-refractivity contribution in [2.24, 2.45) is 0 Å². The van der Waals surface area contributed by atoms with Gasteiger partial charge in [-0.05, 0) is 62.9 Å². The maximum Gasteiger partial charge on any atom is 0.257 e. The zero-order valence-electron chi connectivity index (χ0n) is 20.5. The van der Waals surface area contributed by atoms with Gasteiger partial charge in [0.2, 0.25) is 0 Å². The lowest BCUT2D eigenvalue weighted by Gasteiger charge is -2.38. The summed E-state index contributed by atoms with van der Waals surface area (Å²) in [6.07, 6.45) is 8.24. The third kappa shape index (κ3) is 3.54. The number of rotatable bonds is 2. The monoisotopic (exact) mass is 454 g/mol. The number of amides is 2. The molecule has 0 saturated carbocycles. The van der Waals surface area contributed by atoms with E-state index < -0.39 is 11.3 Å². The summed E-state index contributed by atoms with van der Waals surface area (Å²) in [5, 5.41) is 0. The first-order valence-corrected chi connectivity index (χ1v) is 12.1. The number of terminal acetylenes is 1. The van der Waals surface area contributed by atoms with Crippen molar-refractivity contribution >= 4 is 25.1 Å². The van der Waals surface area contributed by atoms with E-state index in [9.17, 15) is 9.59 Å². The molecule has 2 aromatic rings. The Labute approximate surface area is 202 Å². The van der Waals surface area contributed by atoms with Gasteiger partial charge in [0, 0.05) is 37.1 Å². The second kappa shape index (κ2) is 8.03. The molecule has 0 N–H and O–H groups in total. The van der Waals surface area contributed by atoms with Crippen LogP contribution >= 0.6 is 0 Å². The number of hydrogen-bond acceptors (Lipinski definition) is 3. The summed E-state index contributed by atoms with van der Waals surface area (Å²) in [6.45, 7) is 7.06. The Bertz CT molecular complexity index is 1200. The maximum atomic E-state index is 13.9. The van der Waals surface area contributed by atoms with E-state index in [2.05, 4.69) is 45.8 Å². The Hall–Kier alpha value is -3.04. The van der Waals surface area contributed by atoms with Crippen LogP contribution < -0.4 is 5.46 Å². The molecule has 2 atom stereocenters. The van der Waals surface area contributed by atoms with Crippen LogP contribution in [0.1, 0.15) is 71.3 Å². The van der Waals surface area contributed by atoms with Gasteiger partial charge in [0.05, 0.1) is 6.04 Å². The number of carbonyl (C=O) groups is 2. The average Bonchev–Trinajstić information content (AvgIpc) is 3.23. The second-order valence-corrected chi connectivity index (χ2v) is 10.4. The van der Waals surface area contributed by atoms with E-state index in [-0.39, 0.29) is 17.9 Å². The predicted octanol–water partition coefficient (Wildman–Crippen LogP) is 2.63. The highest BCUT2D eigenvalue weighted by Gasteiger charge is 2.63. The van der Waals surface area contributed by atoms with Gasteiger partial charge in [-0.1, -0.05) is 35.1 Å². The summed E-state index contributed by atoms with van der Waals surface area (Å²) in [6, 6.07) is 12.1. The minimum atomic E-state index is -0.842. The van der Waals surface area contributed by atoms with Gasteiger partial charge >= 0.3 is 0 Å². The fourth-order valence-corrected chi connectivity index (χ4v) is 6.19. The van der Waals surface area contributed by atoms with Crippen molar-refractivity contribution < 1.29 is 14.3 Å². The van der Waals surface area contributed by atoms with E-state index in [4.69, 9.17) is 11.2 Å². The van der Waals surface area contributed by atoms with Gasteiger partial charge in [-0.2, -0.15) is 0 Å². The molecule has 0 radical (unpaired) electrons. The molecule has 2 unspecified atom stereocenters. The number of likely N-dealkylation sites (tertiary alicyclic amines) is 1. The van der Waals surface area contributed by atoms with Crippen LogP contribution in [0.4, 0.5) is 0 Å². The molecule has 34 heavy (non-hydrogen) atoms. The molecule has 0 aliphatic carbocycles. The molecule has 174 valence electrons. The molecule has 5 rings (SSSR count). The largest absolute Gasteiger partial charge is 0.339 e. The Balaban J connectivity index is 1.34. The lowest BCUT2D eigenvalue weighted by molar-refractivity contribution is -0.148. The molecule has 3 saturated heterocycles. The van der Waals surface area contributed by atoms with E-state index >= 15 is 0 Å². The number of benzene rings is 2. The molecule has 3 aliphatic heterocycles. The number of hydrogen-bond donors (Lipinski definition) is 0. The zero-order valence-corrected chi connectivity index (χ0v) is 20.5. The van der Waals surface area contributed by atoms with Gasteiger partial charge in [-0.15, -0.1) is 6.42 Å². The number of nitrogens with zero attached hydrogens (tertiary/aromatic N) is 2. The lowest BCUT2D eigenvalue weighted by Crippen LogP contribution is -2.51. The van der Waals surface area contributed by atoms with Crippen molar-refractivity contribution in [2.45, 2.75) is 63.8 Å². The summed E-state index contributed by atoms with van der Waals surface area (Å²) >= 11 is 0. The van der Waals surface area contributed by atoms with E-state index in [1.165, 1.54) is 16.6 Å². The van der Waals surface area contributed by atoms with E-state index in [1.54, 1.807) is 12.1 Å². The van der Waals surface area contributed by atoms with Gasteiger partial charge < -0.3 is 14.5 Å². The molecule has 2 amide bonds. The third-order valence-corrected chi connectivity index (χ3v) is 7.84. The summed E-state index contributed by atoms with van der Waals surface area (Å²) in [5.41, 5.74) is 4.48. The van der Waals surface area contributed by atoms with Gasteiger partial charge in [-0.3, -0.25) is 9.59 Å². The summed E-state index contributed by atoms with van der Waals surface area (Å²) in [7, 11) is 2.10. The van der Waals surface area contributed by atoms with E-state index in [0.29, 0.717) is 31.5 Å². The Morgan fingerprint density at radius 1 is 1.15 bits per heavy atom. The van der Waals surface area contributed by atoms with Crippen LogP contribution in [-0.4, -0.2) is 53.9 Å². The highest BCUT2D eigenvalue weighted by molar-refractivity contribution is 6.32. The van der Waals surface area contributed by atoms with Crippen molar-refractivity contribution in [2.75, 3.05) is 13.1 Å². The lowest BCUT2D eigenvalue weighted by atomic mass is 9.87. The first-order valence-electron chi connectivity index (χ1n) is 12.1. The van der Waals surface area contributed by atoms with Gasteiger partial charge in [0.25, 0.3) is 11.8 Å². The molecule has 0 aromatic heterocycles. The fraction of sp³-hybridized carbons (Fsp3) is 0.429. The topological polar surface area (TPSA) is 49.9 Å². The summed E-state index contributed by atoms with van der Waals surface area (Å²) in [4.78, 5) is 30.9. The van der Waals surface area contributed by atoms with Gasteiger partial charge in [0.15, 0.2) is 5.60 Å². The second-order valence-electron chi connectivity index (χ2n) is 10.4. The van der Waals surface area contributed by atoms with Crippen LogP contribution in [0.3, 0.4) is 0 Å². The minimum Gasteiger partial charge on any atom is -0.339 e. The number of fused-ring (bicyclic) bond motifs is 1. The highest BCUT2D eigenvalue weighted by atomic mass is 16.6. The Kier molecular flexibility index (Phi) is 5.37. The molecule has 3 fully saturated rings. The van der Waals surface area contributed by atoms with Crippen LogP contribution in [0.15, 0.2) is 36.4 Å². The molecule has 0 bridgehead atoms. The van der Waals surface area contributed by atoms with Crippen LogP contribution in [0.5, 0.6) is 0 Å². The number of carbonyl (C=O) groups excluding carboxylic acids is 2. The minimum absolute atomic E-state index is 0.0128. The van der Waals surface area contributed by atoms with Crippen LogP contribution in [0.25, 0.3) is 0 Å². The molecule has 6 heteroatoms. The number of piperidine rings is 1. The molecular formula is C28H31BN2O3. The first kappa shape index (κ1) is 22.7. The summed E-state index contributed by atoms with van der Waals surface area (Å²) < 4.78 is 6.63. The quantitative estimate of drug-likeness (QED) is 0.518. The van der Waals surface area contributed by atoms with Gasteiger partial charge in [0.1, 0.15) is 13.6 Å². The third-order valence-electron chi connectivity index (χ3n) is 7.84. The van der Waals surface area contributed by atoms with E-state index in [1.807, 2.05) is 22.8 Å². The van der Waals surface area contributed by atoms with Crippen LogP contribution in [0.2, 0.25) is 0 Å². The van der Waals surface area contributed by atoms with Crippen molar-refractivity contribution in [3.05, 3.63) is 64.2 Å². The number of aryl methyl sites for hydroxylation is 2. The molecule has 3 aliphatic rings. The standard InChI is InChI=1S/C28H31BN2O3/c1-5-20-6-7-23(19(3)16-20)25(32)30-12-10-28(11-13-30)26(33)31-24(8-9-27(31,4)34-28)21-14-18(2)15-22(29)17-21/h1,6-7,14-17,24H,8-13,29H2,2-4H3. The Morgan fingerprint density at radius 3 is 2.53 bits per heavy atom. The molecule has 3 heterocycles. The van der Waals surface area contributed by atoms with Crippen LogP contribution in [-0.2, 0) is 9.53 Å². The normalized spacial score (nSPS) is 25.5. The first-order chi connectivity index (χ1) is 16.2. The SMILES string of the molecule is Bc1cc(C)cc(C2CCC3(C)OC4(CCN(C(=O)c5ccc(C#C)cc5C)CC4)C(=O)N23)c1. The summed E-state index contributed by atoms with van der Waals surface area (Å²) in [5.74, 6) is 2.68. The molecule has 5 nitrogen and oxygen atoms in total. The van der Waals surface area contributed by atoms with Crippen LogP contribution in [0, 0.1) is 26.2 Å². The highest BCUT2D eigenvalue weighted by Crippen LogP contribution is 2.53. The molecule has 2 aromatic carbocycles. The zero-order chi connectivity index (χ0) is 24.3. The van der Waals surface area contributed by atoms with Crippen molar-refractivity contribution in [3.63, 3.8) is 0 Å². The van der Waals surface area contributed by atoms with Crippen molar-refractivity contribution in [3.8, 4) is 12.3 Å². The van der Waals surface area contributed by atoms with E-state index in [0.717, 1.165) is 24.0 Å². The van der Waals surface area contributed by atoms with Crippen molar-refractivity contribution in [1.29, 1.82) is 0 Å². The maximum absolute atomic E-state index is 13.9. The Morgan fingerprint density at radius 2 is 1.88 bits per heavy atom. The average molecular weight is 454 g/mol.